The number of phenolic OH excluding ortho intramolecular Hbond substituents is 2. The third kappa shape index (κ3) is 5.02. The van der Waals surface area contributed by atoms with E-state index >= 15 is 0 Å². The summed E-state index contributed by atoms with van der Waals surface area (Å²) < 4.78 is 24.1. The minimum Gasteiger partial charge on any atom is -0.507 e. The van der Waals surface area contributed by atoms with Gasteiger partial charge in [0.15, 0.2) is 23.0 Å². The molecule has 0 aliphatic carbocycles. The maximum Gasteiger partial charge on any atom is 0.201 e. The van der Waals surface area contributed by atoms with Crippen LogP contribution in [0.25, 0.3) is 11.1 Å². The fourth-order valence-electron chi connectivity index (χ4n) is 7.37. The number of methoxy groups -OCH3 is 3. The standard InChI is InChI=1S/C37H40N2O6/c1-38-12-10-23-18-33-32(43-4)20-25(23)28(38)16-21-6-8-30(40)26(14-21)27-15-22(7-9-31(27)42-3)17-29-35-24(11-13-39(29)2)19-34(44-5)36(41)37(35)45-33/h6-9,14-15,18-20,28-29,40-41H,10-13,16-17H2,1-5H3/t28-,29-/m1/s1. The van der Waals surface area contributed by atoms with Crippen molar-refractivity contribution in [1.82, 2.24) is 9.80 Å². The highest BCUT2D eigenvalue weighted by Crippen LogP contribution is 2.51. The van der Waals surface area contributed by atoms with Crippen LogP contribution in [0, 0.1) is 0 Å². The predicted octanol–water partition coefficient (Wildman–Crippen LogP) is 6.44. The second kappa shape index (κ2) is 11.5. The molecule has 8 nitrogen and oxygen atoms in total. The first-order valence-corrected chi connectivity index (χ1v) is 15.5. The Morgan fingerprint density at radius 2 is 1.33 bits per heavy atom. The van der Waals surface area contributed by atoms with E-state index in [2.05, 4.69) is 54.2 Å². The van der Waals surface area contributed by atoms with Gasteiger partial charge < -0.3 is 29.2 Å². The number of ether oxygens (including phenoxy) is 4. The molecule has 4 aromatic rings. The molecule has 4 aliphatic heterocycles. The molecule has 4 heterocycles. The molecule has 2 atom stereocenters. The van der Waals surface area contributed by atoms with Gasteiger partial charge in [-0.1, -0.05) is 12.1 Å². The van der Waals surface area contributed by atoms with Gasteiger partial charge in [0.2, 0.25) is 5.75 Å². The van der Waals surface area contributed by atoms with Gasteiger partial charge >= 0.3 is 0 Å². The zero-order chi connectivity index (χ0) is 31.4. The van der Waals surface area contributed by atoms with Crippen LogP contribution in [0.15, 0.2) is 54.6 Å². The Balaban J connectivity index is 1.51. The van der Waals surface area contributed by atoms with Crippen LogP contribution in [0.5, 0.6) is 40.2 Å². The maximum absolute atomic E-state index is 11.6. The van der Waals surface area contributed by atoms with Gasteiger partial charge in [-0.15, -0.1) is 0 Å². The van der Waals surface area contributed by atoms with Gasteiger partial charge in [-0.25, -0.2) is 0 Å². The van der Waals surface area contributed by atoms with Gasteiger partial charge in [0, 0.05) is 41.9 Å². The summed E-state index contributed by atoms with van der Waals surface area (Å²) in [5, 5.41) is 22.8. The highest BCUT2D eigenvalue weighted by Gasteiger charge is 2.34. The summed E-state index contributed by atoms with van der Waals surface area (Å²) in [6, 6.07) is 18.2. The molecule has 0 radical (unpaired) electrons. The van der Waals surface area contributed by atoms with Crippen molar-refractivity contribution in [1.29, 1.82) is 0 Å². The van der Waals surface area contributed by atoms with E-state index in [1.54, 1.807) is 27.4 Å². The normalized spacial score (nSPS) is 19.3. The molecule has 0 unspecified atom stereocenters. The average molecular weight is 609 g/mol. The number of likely N-dealkylation sites (N-methyl/N-ethyl adjacent to an activating group) is 2. The van der Waals surface area contributed by atoms with Crippen molar-refractivity contribution < 1.29 is 29.2 Å². The van der Waals surface area contributed by atoms with Crippen molar-refractivity contribution in [2.24, 2.45) is 0 Å². The molecule has 8 heteroatoms. The lowest BCUT2D eigenvalue weighted by Crippen LogP contribution is -2.34. The lowest BCUT2D eigenvalue weighted by atomic mass is 9.86. The Morgan fingerprint density at radius 1 is 0.689 bits per heavy atom. The number of hydrogen-bond donors (Lipinski definition) is 2. The van der Waals surface area contributed by atoms with Crippen molar-refractivity contribution in [3.8, 4) is 51.4 Å². The summed E-state index contributed by atoms with van der Waals surface area (Å²) in [7, 11) is 9.14. The molecule has 0 saturated carbocycles. The summed E-state index contributed by atoms with van der Waals surface area (Å²) in [5.41, 5.74) is 8.16. The Hall–Kier alpha value is -4.40. The molecule has 8 rings (SSSR count). The SMILES string of the molecule is COc1cc2c3cc1Oc1c(O)c(OC)cc4c1[C@@H](Cc1ccc(OC)c(c1)-c1cc(ccc1O)C[C@H]2N(C)CC3)N(C)CC4. The van der Waals surface area contributed by atoms with Crippen LogP contribution in [0.4, 0.5) is 0 Å². The van der Waals surface area contributed by atoms with E-state index in [0.717, 1.165) is 65.7 Å². The molecule has 2 N–H and O–H groups in total. The van der Waals surface area contributed by atoms with Gasteiger partial charge in [0.05, 0.1) is 21.3 Å². The topological polar surface area (TPSA) is 83.9 Å². The largest absolute Gasteiger partial charge is 0.507 e. The molecule has 0 saturated heterocycles. The molecule has 8 bridgehead atoms. The van der Waals surface area contributed by atoms with Crippen molar-refractivity contribution in [3.63, 3.8) is 0 Å². The highest BCUT2D eigenvalue weighted by atomic mass is 16.5. The molecule has 0 spiro atoms. The molecule has 45 heavy (non-hydrogen) atoms. The predicted molar refractivity (Wildman–Crippen MR) is 173 cm³/mol. The lowest BCUT2D eigenvalue weighted by molar-refractivity contribution is 0.221. The average Bonchev–Trinajstić information content (AvgIpc) is 3.05. The van der Waals surface area contributed by atoms with Gasteiger partial charge in [0.1, 0.15) is 11.5 Å². The number of benzene rings is 4. The first kappa shape index (κ1) is 29.3. The van der Waals surface area contributed by atoms with Crippen LogP contribution < -0.4 is 18.9 Å². The van der Waals surface area contributed by atoms with Gasteiger partial charge in [-0.05, 0) is 110 Å². The Bertz CT molecular complexity index is 1790. The van der Waals surface area contributed by atoms with E-state index in [1.807, 2.05) is 18.2 Å². The fourth-order valence-corrected chi connectivity index (χ4v) is 7.37. The highest BCUT2D eigenvalue weighted by molar-refractivity contribution is 5.77. The van der Waals surface area contributed by atoms with E-state index in [-0.39, 0.29) is 23.6 Å². The minimum absolute atomic E-state index is 0.0248. The molecular formula is C37H40N2O6. The van der Waals surface area contributed by atoms with Crippen LogP contribution in [0.3, 0.4) is 0 Å². The van der Waals surface area contributed by atoms with Crippen molar-refractivity contribution in [2.45, 2.75) is 37.8 Å². The van der Waals surface area contributed by atoms with Crippen LogP contribution >= 0.6 is 0 Å². The molecule has 0 aromatic heterocycles. The van der Waals surface area contributed by atoms with Crippen molar-refractivity contribution >= 4 is 0 Å². The number of hydrogen-bond acceptors (Lipinski definition) is 8. The third-order valence-electron chi connectivity index (χ3n) is 9.90. The fraction of sp³-hybridized carbons (Fsp3) is 0.351. The monoisotopic (exact) mass is 608 g/mol. The zero-order valence-electron chi connectivity index (χ0n) is 26.5. The van der Waals surface area contributed by atoms with E-state index < -0.39 is 0 Å². The number of aromatic hydroxyl groups is 2. The first-order valence-electron chi connectivity index (χ1n) is 15.5. The van der Waals surface area contributed by atoms with Gasteiger partial charge in [-0.3, -0.25) is 9.80 Å². The number of fused-ring (bicyclic) bond motifs is 1. The summed E-state index contributed by atoms with van der Waals surface area (Å²) >= 11 is 0. The van der Waals surface area contributed by atoms with Crippen molar-refractivity contribution in [3.05, 3.63) is 88.0 Å². The van der Waals surface area contributed by atoms with E-state index in [1.165, 1.54) is 11.1 Å². The Morgan fingerprint density at radius 3 is 2.07 bits per heavy atom. The van der Waals surface area contributed by atoms with E-state index in [9.17, 15) is 10.2 Å². The lowest BCUT2D eigenvalue weighted by Gasteiger charge is -2.37. The zero-order valence-corrected chi connectivity index (χ0v) is 26.5. The van der Waals surface area contributed by atoms with Crippen LogP contribution in [-0.2, 0) is 25.7 Å². The number of nitrogens with zero attached hydrogens (tertiary/aromatic N) is 2. The Kier molecular flexibility index (Phi) is 7.50. The third-order valence-corrected chi connectivity index (χ3v) is 9.90. The summed E-state index contributed by atoms with van der Waals surface area (Å²) in [6.45, 7) is 1.73. The van der Waals surface area contributed by atoms with Gasteiger partial charge in [0.25, 0.3) is 0 Å². The second-order valence-corrected chi connectivity index (χ2v) is 12.4. The smallest absolute Gasteiger partial charge is 0.201 e. The van der Waals surface area contributed by atoms with E-state index in [4.69, 9.17) is 18.9 Å². The van der Waals surface area contributed by atoms with Crippen LogP contribution in [0.2, 0.25) is 0 Å². The maximum atomic E-state index is 11.6. The molecule has 4 aliphatic rings. The summed E-state index contributed by atoms with van der Waals surface area (Å²) in [4.78, 5) is 4.68. The number of rotatable bonds is 3. The number of phenols is 2. The van der Waals surface area contributed by atoms with Crippen LogP contribution in [-0.4, -0.2) is 68.5 Å². The second-order valence-electron chi connectivity index (χ2n) is 12.4. The molecule has 0 amide bonds. The molecule has 4 aromatic carbocycles. The van der Waals surface area contributed by atoms with Gasteiger partial charge in [-0.2, -0.15) is 0 Å². The van der Waals surface area contributed by atoms with Crippen LogP contribution in [0.1, 0.15) is 45.5 Å². The molecule has 0 fully saturated rings. The first-order chi connectivity index (χ1) is 21.8. The summed E-state index contributed by atoms with van der Waals surface area (Å²) in [5.74, 6) is 2.85. The van der Waals surface area contributed by atoms with Crippen molar-refractivity contribution in [2.75, 3.05) is 48.5 Å². The molecular weight excluding hydrogens is 568 g/mol. The Labute approximate surface area is 264 Å². The quantitative estimate of drug-likeness (QED) is 0.275. The summed E-state index contributed by atoms with van der Waals surface area (Å²) in [6.07, 6.45) is 3.05. The molecule has 234 valence electrons. The van der Waals surface area contributed by atoms with E-state index in [0.29, 0.717) is 35.2 Å². The minimum atomic E-state index is -0.0981.